The molecule has 1 atom stereocenters. The Balaban J connectivity index is 2.32. The molecule has 1 aromatic carbocycles. The summed E-state index contributed by atoms with van der Waals surface area (Å²) in [6.07, 6.45) is 2.54. The molecule has 0 radical (unpaired) electrons. The van der Waals surface area contributed by atoms with Gasteiger partial charge in [-0.15, -0.1) is 0 Å². The quantitative estimate of drug-likeness (QED) is 0.828. The second-order valence-electron chi connectivity index (χ2n) is 4.08. The Morgan fingerprint density at radius 2 is 2.24 bits per heavy atom. The van der Waals surface area contributed by atoms with Crippen LogP contribution in [-0.2, 0) is 0 Å². The monoisotopic (exact) mass is 230 g/mol. The van der Waals surface area contributed by atoms with Gasteiger partial charge >= 0.3 is 0 Å². The third kappa shape index (κ3) is 2.81. The number of nitrogens with one attached hydrogen (secondary N) is 1. The van der Waals surface area contributed by atoms with Crippen LogP contribution in [0.2, 0.25) is 0 Å². The summed E-state index contributed by atoms with van der Waals surface area (Å²) in [5.74, 6) is 0. The number of pyridine rings is 1. The van der Waals surface area contributed by atoms with Crippen LogP contribution in [0.5, 0.6) is 0 Å². The first-order valence-corrected chi connectivity index (χ1v) is 6.04. The van der Waals surface area contributed by atoms with E-state index in [0.29, 0.717) is 0 Å². The summed E-state index contributed by atoms with van der Waals surface area (Å²) < 4.78 is 0. The molecule has 2 rings (SSSR count). The molecule has 0 fully saturated rings. The van der Waals surface area contributed by atoms with Gasteiger partial charge in [0.2, 0.25) is 0 Å². The molecule has 1 heterocycles. The van der Waals surface area contributed by atoms with Crippen LogP contribution in [0.3, 0.4) is 0 Å². The first-order valence-electron chi connectivity index (χ1n) is 6.04. The van der Waals surface area contributed by atoms with Gasteiger partial charge in [0, 0.05) is 24.2 Å². The Hall–Kier alpha value is -1.45. The van der Waals surface area contributed by atoms with Crippen molar-refractivity contribution >= 4 is 10.9 Å². The van der Waals surface area contributed by atoms with Crippen LogP contribution in [0.15, 0.2) is 36.5 Å². The molecule has 3 nitrogen and oxygen atoms in total. The van der Waals surface area contributed by atoms with Gasteiger partial charge < -0.3 is 10.4 Å². The summed E-state index contributed by atoms with van der Waals surface area (Å²) in [4.78, 5) is 4.30. The third-order valence-corrected chi connectivity index (χ3v) is 2.90. The summed E-state index contributed by atoms with van der Waals surface area (Å²) in [7, 11) is 0. The second-order valence-corrected chi connectivity index (χ2v) is 4.08. The van der Waals surface area contributed by atoms with Crippen molar-refractivity contribution in [1.82, 2.24) is 10.3 Å². The number of hydrogen-bond acceptors (Lipinski definition) is 3. The van der Waals surface area contributed by atoms with Crippen molar-refractivity contribution in [3.05, 3.63) is 42.1 Å². The molecule has 0 spiro atoms. The molecule has 0 aliphatic carbocycles. The number of hydrogen-bond donors (Lipinski definition) is 2. The number of nitrogens with zero attached hydrogens (tertiary/aromatic N) is 1. The molecule has 0 bridgehead atoms. The van der Waals surface area contributed by atoms with Crippen molar-refractivity contribution in [2.75, 3.05) is 13.2 Å². The number of aromatic nitrogens is 1. The van der Waals surface area contributed by atoms with Crippen LogP contribution in [0.25, 0.3) is 10.9 Å². The molecular weight excluding hydrogens is 212 g/mol. The maximum absolute atomic E-state index is 9.09. The number of aliphatic hydroxyl groups is 1. The summed E-state index contributed by atoms with van der Waals surface area (Å²) in [5, 5.41) is 13.6. The number of rotatable bonds is 5. The van der Waals surface area contributed by atoms with Crippen molar-refractivity contribution in [3.63, 3.8) is 0 Å². The molecule has 0 aliphatic heterocycles. The van der Waals surface area contributed by atoms with E-state index in [4.69, 9.17) is 5.11 Å². The fourth-order valence-corrected chi connectivity index (χ4v) is 2.07. The first kappa shape index (κ1) is 12.0. The van der Waals surface area contributed by atoms with E-state index in [1.165, 1.54) is 5.56 Å². The lowest BCUT2D eigenvalue weighted by Gasteiger charge is -2.17. The highest BCUT2D eigenvalue weighted by Gasteiger charge is 2.09. The molecule has 0 saturated carbocycles. The van der Waals surface area contributed by atoms with Gasteiger partial charge in [-0.1, -0.05) is 19.1 Å². The maximum atomic E-state index is 9.09. The Bertz CT molecular complexity index is 478. The normalized spacial score (nSPS) is 12.8. The molecule has 1 aromatic heterocycles. The molecule has 3 heteroatoms. The van der Waals surface area contributed by atoms with Crippen LogP contribution in [-0.4, -0.2) is 23.2 Å². The predicted molar refractivity (Wildman–Crippen MR) is 69.9 cm³/mol. The minimum Gasteiger partial charge on any atom is -0.396 e. The van der Waals surface area contributed by atoms with Crippen LogP contribution in [0, 0.1) is 0 Å². The molecule has 0 saturated heterocycles. The van der Waals surface area contributed by atoms with Crippen molar-refractivity contribution in [2.45, 2.75) is 19.4 Å². The minimum absolute atomic E-state index is 0.197. The summed E-state index contributed by atoms with van der Waals surface area (Å²) in [6, 6.07) is 10.5. The molecule has 2 N–H and O–H groups in total. The van der Waals surface area contributed by atoms with Crippen LogP contribution < -0.4 is 5.32 Å². The minimum atomic E-state index is 0.197. The van der Waals surface area contributed by atoms with Gasteiger partial charge in [0.25, 0.3) is 0 Å². The molecule has 17 heavy (non-hydrogen) atoms. The van der Waals surface area contributed by atoms with Gasteiger partial charge in [-0.2, -0.15) is 0 Å². The van der Waals surface area contributed by atoms with Gasteiger partial charge in [-0.05, 0) is 36.7 Å². The molecule has 1 unspecified atom stereocenters. The molecule has 2 aromatic rings. The number of benzene rings is 1. The van der Waals surface area contributed by atoms with Gasteiger partial charge in [0.1, 0.15) is 0 Å². The Morgan fingerprint density at radius 1 is 1.35 bits per heavy atom. The fourth-order valence-electron chi connectivity index (χ4n) is 2.07. The Morgan fingerprint density at radius 3 is 3.00 bits per heavy atom. The second kappa shape index (κ2) is 5.75. The van der Waals surface area contributed by atoms with E-state index in [0.717, 1.165) is 23.9 Å². The number of fused-ring (bicyclic) bond motifs is 1. The molecule has 0 aliphatic rings. The zero-order chi connectivity index (χ0) is 12.1. The fraction of sp³-hybridized carbons (Fsp3) is 0.357. The van der Waals surface area contributed by atoms with Gasteiger partial charge in [-0.3, -0.25) is 4.98 Å². The van der Waals surface area contributed by atoms with Crippen LogP contribution in [0.4, 0.5) is 0 Å². The summed E-state index contributed by atoms with van der Waals surface area (Å²) >= 11 is 0. The first-order chi connectivity index (χ1) is 8.35. The topological polar surface area (TPSA) is 45.1 Å². The zero-order valence-electron chi connectivity index (χ0n) is 10.1. The van der Waals surface area contributed by atoms with Gasteiger partial charge in [0.05, 0.1) is 5.52 Å². The SMILES string of the molecule is CCNC(CCO)c1ccc2ncccc2c1. The Kier molecular flexibility index (Phi) is 4.07. The molecule has 90 valence electrons. The van der Waals surface area contributed by atoms with E-state index in [1.807, 2.05) is 12.1 Å². The average Bonchev–Trinajstić information content (AvgIpc) is 2.38. The van der Waals surface area contributed by atoms with E-state index in [2.05, 4.69) is 35.4 Å². The zero-order valence-corrected chi connectivity index (χ0v) is 10.1. The lowest BCUT2D eigenvalue weighted by molar-refractivity contribution is 0.266. The van der Waals surface area contributed by atoms with Crippen molar-refractivity contribution < 1.29 is 5.11 Å². The van der Waals surface area contributed by atoms with Crippen molar-refractivity contribution in [2.24, 2.45) is 0 Å². The average molecular weight is 230 g/mol. The van der Waals surface area contributed by atoms with Gasteiger partial charge in [0.15, 0.2) is 0 Å². The van der Waals surface area contributed by atoms with E-state index >= 15 is 0 Å². The van der Waals surface area contributed by atoms with Gasteiger partial charge in [-0.25, -0.2) is 0 Å². The lowest BCUT2D eigenvalue weighted by atomic mass is 10.0. The highest BCUT2D eigenvalue weighted by molar-refractivity contribution is 5.79. The van der Waals surface area contributed by atoms with E-state index < -0.39 is 0 Å². The van der Waals surface area contributed by atoms with E-state index in [1.54, 1.807) is 6.20 Å². The van der Waals surface area contributed by atoms with Crippen molar-refractivity contribution in [3.8, 4) is 0 Å². The van der Waals surface area contributed by atoms with E-state index in [9.17, 15) is 0 Å². The molecular formula is C14H18N2O. The largest absolute Gasteiger partial charge is 0.396 e. The van der Waals surface area contributed by atoms with Crippen LogP contribution >= 0.6 is 0 Å². The predicted octanol–water partition coefficient (Wildman–Crippen LogP) is 2.27. The lowest BCUT2D eigenvalue weighted by Crippen LogP contribution is -2.21. The smallest absolute Gasteiger partial charge is 0.0702 e. The highest BCUT2D eigenvalue weighted by atomic mass is 16.3. The molecule has 0 amide bonds. The standard InChI is InChI=1S/C14H18N2O/c1-2-15-14(7-9-17)12-5-6-13-11(10-12)4-3-8-16-13/h3-6,8,10,14-15,17H,2,7,9H2,1H3. The van der Waals surface area contributed by atoms with E-state index in [-0.39, 0.29) is 12.6 Å². The van der Waals surface area contributed by atoms with Crippen molar-refractivity contribution in [1.29, 1.82) is 0 Å². The number of aliphatic hydroxyl groups excluding tert-OH is 1. The summed E-state index contributed by atoms with van der Waals surface area (Å²) in [6.45, 7) is 3.17. The summed E-state index contributed by atoms with van der Waals surface area (Å²) in [5.41, 5.74) is 2.22. The highest BCUT2D eigenvalue weighted by Crippen LogP contribution is 2.21. The maximum Gasteiger partial charge on any atom is 0.0702 e. The third-order valence-electron chi connectivity index (χ3n) is 2.90. The Labute approximate surface area is 102 Å². The van der Waals surface area contributed by atoms with Crippen LogP contribution in [0.1, 0.15) is 24.9 Å².